The maximum absolute atomic E-state index is 15.4. The van der Waals surface area contributed by atoms with Crippen LogP contribution in [0.5, 0.6) is 0 Å². The van der Waals surface area contributed by atoms with Crippen molar-refractivity contribution in [3.05, 3.63) is 259 Å². The smallest absolute Gasteiger partial charge is 0.352 e. The molecule has 0 aromatic heterocycles. The van der Waals surface area contributed by atoms with Gasteiger partial charge in [0.05, 0.1) is 23.9 Å². The number of hydrogen-bond donors (Lipinski definition) is 10. The highest BCUT2D eigenvalue weighted by molar-refractivity contribution is 6.07. The molecule has 34 heteroatoms. The highest BCUT2D eigenvalue weighted by Crippen LogP contribution is 2.41. The number of halogens is 13. The van der Waals surface area contributed by atoms with E-state index in [1.807, 2.05) is 0 Å². The van der Waals surface area contributed by atoms with Gasteiger partial charge in [0.1, 0.15) is 34.9 Å². The van der Waals surface area contributed by atoms with Gasteiger partial charge in [0.15, 0.2) is 17.7 Å². The number of anilines is 4. The van der Waals surface area contributed by atoms with Gasteiger partial charge in [-0.3, -0.25) is 43.2 Å². The molecule has 2 heterocycles. The second-order valence-electron chi connectivity index (χ2n) is 31.5. The van der Waals surface area contributed by atoms with Gasteiger partial charge in [-0.1, -0.05) is 26.0 Å². The molecule has 0 aliphatic carbocycles. The number of Topliss-reactive ketones (excluding diaryl/α,β-unsaturated/α-hetero) is 1. The van der Waals surface area contributed by atoms with Crippen LogP contribution in [0.4, 0.5) is 79.8 Å². The molecule has 21 nitrogen and oxygen atoms in total. The lowest BCUT2D eigenvalue weighted by atomic mass is 9.92. The number of aryl methyl sites for hydroxylation is 3. The summed E-state index contributed by atoms with van der Waals surface area (Å²) in [6.07, 6.45) is -3.74. The Labute approximate surface area is 700 Å². The van der Waals surface area contributed by atoms with Crippen molar-refractivity contribution in [1.29, 1.82) is 0 Å². The fourth-order valence-electron chi connectivity index (χ4n) is 12.6. The normalized spacial score (nSPS) is 14.1. The number of rotatable bonds is 21. The first kappa shape index (κ1) is 98.2. The Balaban J connectivity index is 0.000000226. The molecule has 3 atom stereocenters. The van der Waals surface area contributed by atoms with Crippen molar-refractivity contribution in [2.45, 2.75) is 175 Å². The van der Waals surface area contributed by atoms with Crippen molar-refractivity contribution >= 4 is 75.8 Å². The van der Waals surface area contributed by atoms with Gasteiger partial charge in [-0.25, -0.2) is 30.7 Å². The molecule has 660 valence electrons. The van der Waals surface area contributed by atoms with Gasteiger partial charge in [-0.05, 0) is 263 Å². The topological polar surface area (TPSA) is 313 Å². The molecule has 0 spiro atoms. The van der Waals surface area contributed by atoms with Crippen LogP contribution in [-0.4, -0.2) is 127 Å². The van der Waals surface area contributed by atoms with Crippen LogP contribution in [0.2, 0.25) is 0 Å². The lowest BCUT2D eigenvalue weighted by molar-refractivity contribution is -0.161. The first-order chi connectivity index (χ1) is 57.3. The van der Waals surface area contributed by atoms with E-state index >= 15 is 17.6 Å². The number of nitrogens with one attached hydrogen (secondary N) is 6. The molecule has 10 N–H and O–H groups in total. The van der Waals surface area contributed by atoms with E-state index in [1.54, 1.807) is 55.4 Å². The molecule has 8 aromatic rings. The highest BCUT2D eigenvalue weighted by Gasteiger charge is 2.50. The first-order valence-corrected chi connectivity index (χ1v) is 38.8. The summed E-state index contributed by atoms with van der Waals surface area (Å²) in [7, 11) is 0. The van der Waals surface area contributed by atoms with E-state index in [9.17, 15) is 103 Å². The molecule has 2 aliphatic rings. The number of aliphatic hydroxyl groups is 4. The van der Waals surface area contributed by atoms with E-state index in [2.05, 4.69) is 31.9 Å². The number of benzene rings is 8. The predicted octanol–water partition coefficient (Wildman–Crippen LogP) is 16.5. The zero-order valence-electron chi connectivity index (χ0n) is 69.1. The van der Waals surface area contributed by atoms with Crippen molar-refractivity contribution in [2.24, 2.45) is 5.92 Å². The quantitative estimate of drug-likeness (QED) is 0.0300. The van der Waals surface area contributed by atoms with Crippen molar-refractivity contribution in [1.82, 2.24) is 20.4 Å². The van der Waals surface area contributed by atoms with E-state index in [1.165, 1.54) is 100 Å². The van der Waals surface area contributed by atoms with Crippen molar-refractivity contribution in [3.63, 3.8) is 0 Å². The van der Waals surface area contributed by atoms with Gasteiger partial charge in [0.25, 0.3) is 47.3 Å². The van der Waals surface area contributed by atoms with Crippen LogP contribution in [0, 0.1) is 67.4 Å². The molecule has 2 saturated heterocycles. The number of ketones is 1. The Hall–Kier alpha value is -11.9. The standard InChI is InChI=1S/C24H27F3N2O4.C23H22F4N2O3.C23H27F3N2O3.C19H19F3N2O3/c1-3-21(31)18-6-4-15(22(32)28-16-5-7-20(25)14(2)12-16)13-19(18)24(26,27)23(33)29-10-8-17(30)9-11-29;1-13-11-17(4-6-19(13)24)28-21(31)16-3-5-20(25)18(12-16)23(26,27)22(32)29-9-7-15(8-10-29)14(2)30;1-6-19(29)16-9-7-14(20(30)27-15-8-10-18(24)13(2)11-15)12-17(16)23(25,26)21(31)28-22(3,4)5;1-19(2,3)24-18(27)16(25)12-8-10(4-6-13(12)20)17(26)23-11-5-7-14(21)15(22)9-11/h4-7,12-13,17,21,30-31H,3,8-11H2,1-2H3,(H,28,32);3-6,11-12,15H,7-10H2,1-2H3,(H,28,31);7-12,19,29H,6H2,1-5H3,(H,27,30)(H,28,31);4-9,16,25H,1-3H3,(H,23,26)(H,24,27)/t21-;;19-;/m0.0./s1. The Bertz CT molecular complexity index is 5240. The molecule has 2 aliphatic heterocycles. The van der Waals surface area contributed by atoms with Crippen LogP contribution in [0.15, 0.2) is 146 Å². The number of nitrogens with zero attached hydrogens (tertiary/aromatic N) is 2. The summed E-state index contributed by atoms with van der Waals surface area (Å²) in [6.45, 7) is 18.9. The largest absolute Gasteiger partial charge is 0.393 e. The van der Waals surface area contributed by atoms with Crippen LogP contribution in [0.25, 0.3) is 0 Å². The zero-order valence-corrected chi connectivity index (χ0v) is 69.1. The van der Waals surface area contributed by atoms with Crippen molar-refractivity contribution < 1.29 is 121 Å². The maximum Gasteiger partial charge on any atom is 0.352 e. The van der Waals surface area contributed by atoms with E-state index in [0.29, 0.717) is 28.9 Å². The van der Waals surface area contributed by atoms with E-state index in [-0.39, 0.29) is 138 Å². The number of carbonyl (C=O) groups excluding carboxylic acids is 9. The maximum atomic E-state index is 15.4. The summed E-state index contributed by atoms with van der Waals surface area (Å²) in [6, 6.07) is 26.8. The number of alkyl halides is 6. The van der Waals surface area contributed by atoms with Crippen LogP contribution in [0.3, 0.4) is 0 Å². The van der Waals surface area contributed by atoms with Gasteiger partial charge in [-0.2, -0.15) is 26.3 Å². The molecule has 0 saturated carbocycles. The lowest BCUT2D eigenvalue weighted by Gasteiger charge is -2.33. The summed E-state index contributed by atoms with van der Waals surface area (Å²) in [4.78, 5) is 113. The SMILES string of the molecule is CC(=O)C1CCN(C(=O)C(F)(F)c2cc(C(=O)Nc3ccc(F)c(C)c3)ccc2F)CC1.CC(C)(C)NC(=O)C(O)c1cc(C(=O)Nc2ccc(F)c(F)c2)ccc1F.CC[C@H](O)c1ccc(C(=O)Nc2ccc(F)c(C)c2)cc1C(F)(F)C(=O)N1CCC(O)CC1.CC[C@H](O)c1ccc(C(=O)Nc2ccc(F)c(C)c2)cc1C(F)(F)C(=O)NC(C)(C)C. The van der Waals surface area contributed by atoms with Crippen molar-refractivity contribution in [2.75, 3.05) is 47.4 Å². The summed E-state index contributed by atoms with van der Waals surface area (Å²) in [5.74, 6) is -26.6. The molecule has 0 bridgehead atoms. The fraction of sp³-hybridized carbons (Fsp3) is 0.360. The molecule has 123 heavy (non-hydrogen) atoms. The second-order valence-corrected chi connectivity index (χ2v) is 31.5. The third-order valence-corrected chi connectivity index (χ3v) is 19.5. The summed E-state index contributed by atoms with van der Waals surface area (Å²) >= 11 is 0. The minimum Gasteiger partial charge on any atom is -0.393 e. The molecule has 0 radical (unpaired) electrons. The van der Waals surface area contributed by atoms with Gasteiger partial charge >= 0.3 is 17.8 Å². The number of aliphatic hydroxyl groups excluding tert-OH is 4. The van der Waals surface area contributed by atoms with E-state index in [0.717, 1.165) is 70.5 Å². The van der Waals surface area contributed by atoms with Crippen molar-refractivity contribution in [3.8, 4) is 0 Å². The Morgan fingerprint density at radius 2 is 0.715 bits per heavy atom. The molecular formula is C89H95F13N8O13. The summed E-state index contributed by atoms with van der Waals surface area (Å²) in [5, 5.41) is 54.8. The third-order valence-electron chi connectivity index (χ3n) is 19.5. The number of hydrogen-bond acceptors (Lipinski definition) is 13. The van der Waals surface area contributed by atoms with Crippen LogP contribution in [0.1, 0.15) is 211 Å². The highest BCUT2D eigenvalue weighted by atomic mass is 19.3. The molecule has 2 fully saturated rings. The number of likely N-dealkylation sites (tertiary alicyclic amines) is 2. The Kier molecular flexibility index (Phi) is 33.0. The Morgan fingerprint density at radius 1 is 0.390 bits per heavy atom. The Morgan fingerprint density at radius 3 is 1.08 bits per heavy atom. The lowest BCUT2D eigenvalue weighted by Crippen LogP contribution is -2.48. The molecule has 8 amide bonds. The van der Waals surface area contributed by atoms with Crippen LogP contribution >= 0.6 is 0 Å². The number of piperidine rings is 2. The predicted molar refractivity (Wildman–Crippen MR) is 432 cm³/mol. The number of carbonyl (C=O) groups is 9. The van der Waals surface area contributed by atoms with Gasteiger partial charge < -0.3 is 62.1 Å². The monoisotopic (exact) mass is 1730 g/mol. The third kappa shape index (κ3) is 26.1. The minimum atomic E-state index is -4.20. The average molecular weight is 1730 g/mol. The van der Waals surface area contributed by atoms with E-state index in [4.69, 9.17) is 0 Å². The van der Waals surface area contributed by atoms with Gasteiger partial charge in [-0.15, -0.1) is 0 Å². The number of amides is 8. The van der Waals surface area contributed by atoms with E-state index < -0.39 is 158 Å². The molecule has 8 aromatic carbocycles. The second kappa shape index (κ2) is 41.3. The summed E-state index contributed by atoms with van der Waals surface area (Å²) < 4.78 is 186. The van der Waals surface area contributed by atoms with Crippen LogP contribution in [-0.2, 0) is 41.7 Å². The van der Waals surface area contributed by atoms with Gasteiger partial charge in [0.2, 0.25) is 0 Å². The molecule has 10 rings (SSSR count). The average Bonchev–Trinajstić information content (AvgIpc) is 0.795. The van der Waals surface area contributed by atoms with Crippen LogP contribution < -0.4 is 31.9 Å². The molecular weight excluding hydrogens is 1640 g/mol. The fourth-order valence-corrected chi connectivity index (χ4v) is 12.6. The van der Waals surface area contributed by atoms with Gasteiger partial charge in [0, 0.05) is 111 Å². The zero-order chi connectivity index (χ0) is 91.9. The minimum absolute atomic E-state index is 0.00389. The summed E-state index contributed by atoms with van der Waals surface area (Å²) in [5.41, 5.74) is -3.82. The first-order valence-electron chi connectivity index (χ1n) is 38.8. The molecule has 1 unspecified atom stereocenters.